The molecule has 2 N–H and O–H groups in total. The van der Waals surface area contributed by atoms with E-state index in [0.717, 1.165) is 30.5 Å². The summed E-state index contributed by atoms with van der Waals surface area (Å²) in [5, 5.41) is 9.62. The Balaban J connectivity index is 1.46. The molecule has 2 aliphatic heterocycles. The van der Waals surface area contributed by atoms with E-state index in [1.165, 1.54) is 7.11 Å². The maximum absolute atomic E-state index is 12.5. The zero-order valence-corrected chi connectivity index (χ0v) is 18.4. The van der Waals surface area contributed by atoms with Gasteiger partial charge in [0.25, 0.3) is 0 Å². The number of esters is 1. The Morgan fingerprint density at radius 2 is 2.03 bits per heavy atom. The van der Waals surface area contributed by atoms with Crippen molar-refractivity contribution in [3.63, 3.8) is 0 Å². The van der Waals surface area contributed by atoms with Gasteiger partial charge in [0.1, 0.15) is 11.2 Å². The molecule has 9 heteroatoms. The average Bonchev–Trinajstić information content (AvgIpc) is 3.15. The van der Waals surface area contributed by atoms with Crippen LogP contribution >= 0.6 is 0 Å². The van der Waals surface area contributed by atoms with E-state index in [1.807, 2.05) is 32.1 Å². The third kappa shape index (κ3) is 4.23. The van der Waals surface area contributed by atoms with Gasteiger partial charge in [-0.15, -0.1) is 0 Å². The molecule has 2 aromatic rings. The Bertz CT molecular complexity index is 1120. The second-order valence-corrected chi connectivity index (χ2v) is 8.34. The first-order valence-electron chi connectivity index (χ1n) is 10.6. The maximum Gasteiger partial charge on any atom is 0.341 e. The van der Waals surface area contributed by atoms with Gasteiger partial charge in [0, 0.05) is 12.1 Å². The van der Waals surface area contributed by atoms with Gasteiger partial charge in [0.2, 0.25) is 0 Å². The topological polar surface area (TPSA) is 112 Å². The Morgan fingerprint density at radius 1 is 1.22 bits per heavy atom. The van der Waals surface area contributed by atoms with Crippen LogP contribution in [0.25, 0.3) is 6.08 Å². The molecule has 2 amide bonds. The van der Waals surface area contributed by atoms with E-state index in [4.69, 9.17) is 9.47 Å². The number of rotatable bonds is 4. The summed E-state index contributed by atoms with van der Waals surface area (Å²) in [5.74, 6) is -1.66. The van der Waals surface area contributed by atoms with E-state index in [1.54, 1.807) is 16.8 Å². The molecule has 1 aromatic heterocycles. The molecule has 4 rings (SSSR count). The highest BCUT2D eigenvalue weighted by molar-refractivity contribution is 6.39. The predicted molar refractivity (Wildman–Crippen MR) is 117 cm³/mol. The van der Waals surface area contributed by atoms with Crippen LogP contribution in [0.3, 0.4) is 0 Å². The fourth-order valence-electron chi connectivity index (χ4n) is 3.92. The number of nitrogens with one attached hydrogen (secondary N) is 2. The van der Waals surface area contributed by atoms with Crippen molar-refractivity contribution < 1.29 is 23.9 Å². The van der Waals surface area contributed by atoms with Crippen LogP contribution in [0, 0.1) is 0 Å². The standard InChI is InChI=1S/C23H26N4O5/c1-23(2)11-10-14-7-6-8-15(19(14)32-23)25-21(29)20(28)24-13-16-18(22(30)31-3)17-9-4-5-12-27(17)26-16/h6-8,10-11H,4-5,9,12-13H2,1-3H3,(H,24,28)(H,25,29). The van der Waals surface area contributed by atoms with Crippen LogP contribution in [-0.2, 0) is 33.8 Å². The van der Waals surface area contributed by atoms with Gasteiger partial charge in [0.15, 0.2) is 5.75 Å². The summed E-state index contributed by atoms with van der Waals surface area (Å²) in [4.78, 5) is 37.3. The van der Waals surface area contributed by atoms with E-state index in [9.17, 15) is 14.4 Å². The molecule has 0 fully saturated rings. The number of aryl methyl sites for hydroxylation is 1. The molecule has 0 bridgehead atoms. The average molecular weight is 438 g/mol. The highest BCUT2D eigenvalue weighted by Crippen LogP contribution is 2.37. The molecule has 3 heterocycles. The molecule has 0 aliphatic carbocycles. The van der Waals surface area contributed by atoms with Crippen molar-refractivity contribution in [1.82, 2.24) is 15.1 Å². The van der Waals surface area contributed by atoms with Gasteiger partial charge in [0.05, 0.1) is 30.7 Å². The molecular weight excluding hydrogens is 412 g/mol. The molecule has 0 spiro atoms. The second-order valence-electron chi connectivity index (χ2n) is 8.34. The Morgan fingerprint density at radius 3 is 2.81 bits per heavy atom. The zero-order chi connectivity index (χ0) is 22.9. The first-order chi connectivity index (χ1) is 15.3. The molecular formula is C23H26N4O5. The van der Waals surface area contributed by atoms with Crippen molar-refractivity contribution >= 4 is 29.5 Å². The smallest absolute Gasteiger partial charge is 0.341 e. The van der Waals surface area contributed by atoms with Crippen molar-refractivity contribution in [2.45, 2.75) is 51.8 Å². The third-order valence-electron chi connectivity index (χ3n) is 5.50. The molecule has 9 nitrogen and oxygen atoms in total. The fourth-order valence-corrected chi connectivity index (χ4v) is 3.92. The lowest BCUT2D eigenvalue weighted by atomic mass is 10.0. The monoisotopic (exact) mass is 438 g/mol. The summed E-state index contributed by atoms with van der Waals surface area (Å²) in [6.07, 6.45) is 6.49. The highest BCUT2D eigenvalue weighted by Gasteiger charge is 2.28. The minimum atomic E-state index is -0.838. The SMILES string of the molecule is COC(=O)c1c(CNC(=O)C(=O)Nc2cccc3c2OC(C)(C)C=C3)nn2c1CCCC2. The van der Waals surface area contributed by atoms with Crippen LogP contribution in [-0.4, -0.2) is 40.3 Å². The number of carbonyl (C=O) groups excluding carboxylic acids is 3. The molecule has 32 heavy (non-hydrogen) atoms. The third-order valence-corrected chi connectivity index (χ3v) is 5.50. The van der Waals surface area contributed by atoms with Gasteiger partial charge < -0.3 is 20.1 Å². The minimum absolute atomic E-state index is 0.0597. The number of amides is 2. The fraction of sp³-hybridized carbons (Fsp3) is 0.391. The highest BCUT2D eigenvalue weighted by atomic mass is 16.5. The molecule has 0 unspecified atom stereocenters. The molecule has 1 aromatic carbocycles. The van der Waals surface area contributed by atoms with Crippen LogP contribution in [0.4, 0.5) is 5.69 Å². The van der Waals surface area contributed by atoms with Gasteiger partial charge in [-0.1, -0.05) is 18.2 Å². The van der Waals surface area contributed by atoms with Crippen molar-refractivity contribution in [3.05, 3.63) is 46.8 Å². The largest absolute Gasteiger partial charge is 0.481 e. The Hall–Kier alpha value is -3.62. The quantitative estimate of drug-likeness (QED) is 0.560. The van der Waals surface area contributed by atoms with Crippen LogP contribution in [0.15, 0.2) is 24.3 Å². The summed E-state index contributed by atoms with van der Waals surface area (Å²) in [7, 11) is 1.31. The van der Waals surface area contributed by atoms with Crippen molar-refractivity contribution in [1.29, 1.82) is 0 Å². The van der Waals surface area contributed by atoms with Crippen molar-refractivity contribution in [2.24, 2.45) is 0 Å². The maximum atomic E-state index is 12.5. The summed E-state index contributed by atoms with van der Waals surface area (Å²) in [6, 6.07) is 5.32. The number of methoxy groups -OCH3 is 1. The summed E-state index contributed by atoms with van der Waals surface area (Å²) >= 11 is 0. The normalized spacial score (nSPS) is 15.7. The molecule has 168 valence electrons. The number of aromatic nitrogens is 2. The van der Waals surface area contributed by atoms with Gasteiger partial charge >= 0.3 is 17.8 Å². The van der Waals surface area contributed by atoms with E-state index >= 15 is 0 Å². The molecule has 2 aliphatic rings. The van der Waals surface area contributed by atoms with E-state index in [-0.39, 0.29) is 6.54 Å². The first kappa shape index (κ1) is 21.6. The van der Waals surface area contributed by atoms with Gasteiger partial charge in [-0.25, -0.2) is 4.79 Å². The summed E-state index contributed by atoms with van der Waals surface area (Å²) < 4.78 is 12.6. The minimum Gasteiger partial charge on any atom is -0.481 e. The lowest BCUT2D eigenvalue weighted by Crippen LogP contribution is -2.36. The van der Waals surface area contributed by atoms with Crippen LogP contribution < -0.4 is 15.4 Å². The van der Waals surface area contributed by atoms with Crippen LogP contribution in [0.1, 0.15) is 54.0 Å². The Labute approximate surface area is 185 Å². The summed E-state index contributed by atoms with van der Waals surface area (Å²) in [6.45, 7) is 4.45. The molecule has 0 atom stereocenters. The van der Waals surface area contributed by atoms with Crippen LogP contribution in [0.5, 0.6) is 5.75 Å². The lowest BCUT2D eigenvalue weighted by molar-refractivity contribution is -0.136. The molecule has 0 saturated heterocycles. The number of hydrogen-bond donors (Lipinski definition) is 2. The van der Waals surface area contributed by atoms with Crippen LogP contribution in [0.2, 0.25) is 0 Å². The van der Waals surface area contributed by atoms with Gasteiger partial charge in [-0.2, -0.15) is 5.10 Å². The number of anilines is 1. The number of fused-ring (bicyclic) bond motifs is 2. The number of nitrogens with zero attached hydrogens (tertiary/aromatic N) is 2. The van der Waals surface area contributed by atoms with Gasteiger partial charge in [-0.05, 0) is 45.3 Å². The van der Waals surface area contributed by atoms with E-state index in [0.29, 0.717) is 29.2 Å². The van der Waals surface area contributed by atoms with Crippen molar-refractivity contribution in [3.8, 4) is 5.75 Å². The summed E-state index contributed by atoms with van der Waals surface area (Å²) in [5.41, 5.74) is 2.26. The number of ether oxygens (including phenoxy) is 2. The number of benzene rings is 1. The van der Waals surface area contributed by atoms with E-state index in [2.05, 4.69) is 15.7 Å². The predicted octanol–water partition coefficient (Wildman–Crippen LogP) is 2.45. The number of para-hydroxylation sites is 1. The lowest BCUT2D eigenvalue weighted by Gasteiger charge is -2.29. The van der Waals surface area contributed by atoms with Crippen molar-refractivity contribution in [2.75, 3.05) is 12.4 Å². The molecule has 0 saturated carbocycles. The second kappa shape index (κ2) is 8.49. The van der Waals surface area contributed by atoms with E-state index < -0.39 is 23.4 Å². The zero-order valence-electron chi connectivity index (χ0n) is 18.4. The first-order valence-corrected chi connectivity index (χ1v) is 10.6. The number of hydrogen-bond acceptors (Lipinski definition) is 6. The molecule has 0 radical (unpaired) electrons. The number of carbonyl (C=O) groups is 3. The van der Waals surface area contributed by atoms with Gasteiger partial charge in [-0.3, -0.25) is 14.3 Å². The Kier molecular flexibility index (Phi) is 5.73.